The molecule has 0 aromatic carbocycles. The first-order valence-corrected chi connectivity index (χ1v) is 3.61. The van der Waals surface area contributed by atoms with Gasteiger partial charge in [0.15, 0.2) is 0 Å². The Balaban J connectivity index is 3.57. The predicted octanol–water partition coefficient (Wildman–Crippen LogP) is 1.84. The van der Waals surface area contributed by atoms with Crippen molar-refractivity contribution in [3.8, 4) is 0 Å². The Morgan fingerprint density at radius 1 is 1.00 bits per heavy atom. The van der Waals surface area contributed by atoms with Crippen LogP contribution in [-0.2, 0) is 9.47 Å². The molecule has 0 aromatic heterocycles. The van der Waals surface area contributed by atoms with Gasteiger partial charge in [-0.25, -0.2) is 0 Å². The van der Waals surface area contributed by atoms with Crippen LogP contribution in [-0.4, -0.2) is 26.3 Å². The van der Waals surface area contributed by atoms with Gasteiger partial charge in [0.25, 0.3) is 0 Å². The van der Waals surface area contributed by atoms with Crippen LogP contribution in [0, 0.1) is 0 Å². The Bertz CT molecular complexity index is 143. The van der Waals surface area contributed by atoms with Crippen LogP contribution in [0.5, 0.6) is 0 Å². The van der Waals surface area contributed by atoms with Crippen molar-refractivity contribution >= 4 is 0 Å². The van der Waals surface area contributed by atoms with Crippen molar-refractivity contribution in [1.82, 2.24) is 0 Å². The summed E-state index contributed by atoms with van der Waals surface area (Å²) >= 11 is 0. The quantitative estimate of drug-likeness (QED) is 0.515. The van der Waals surface area contributed by atoms with E-state index in [0.717, 1.165) is 0 Å². The third-order valence-electron chi connectivity index (χ3n) is 0.780. The molecule has 0 saturated carbocycles. The molecule has 0 atom stereocenters. The lowest BCUT2D eigenvalue weighted by Crippen LogP contribution is -2.04. The van der Waals surface area contributed by atoms with E-state index in [4.69, 9.17) is 15.0 Å². The highest BCUT2D eigenvalue weighted by Crippen LogP contribution is 1.83. The zero-order chi connectivity index (χ0) is 11.2. The van der Waals surface area contributed by atoms with Gasteiger partial charge in [-0.15, -0.1) is 0 Å². The molecule has 0 aliphatic rings. The minimum atomic E-state index is -1.64. The second-order valence-corrected chi connectivity index (χ2v) is 1.69. The molecule has 0 aliphatic carbocycles. The fourth-order valence-electron chi connectivity index (χ4n) is 0.432. The van der Waals surface area contributed by atoms with Gasteiger partial charge >= 0.3 is 0 Å². The van der Waals surface area contributed by atoms with Crippen molar-refractivity contribution < 1.29 is 15.0 Å². The van der Waals surface area contributed by atoms with Crippen LogP contribution in [0.3, 0.4) is 0 Å². The fourth-order valence-corrected chi connectivity index (χ4v) is 0.432. The summed E-state index contributed by atoms with van der Waals surface area (Å²) in [5.41, 5.74) is 0. The summed E-state index contributed by atoms with van der Waals surface area (Å²) in [6, 6.07) is 0. The van der Waals surface area contributed by atoms with E-state index in [9.17, 15) is 0 Å². The van der Waals surface area contributed by atoms with E-state index in [1.807, 2.05) is 0 Å². The molecule has 0 aliphatic heterocycles. The van der Waals surface area contributed by atoms with E-state index >= 15 is 0 Å². The van der Waals surface area contributed by atoms with Crippen LogP contribution in [0.4, 0.5) is 0 Å². The molecule has 62 valence electrons. The van der Waals surface area contributed by atoms with Gasteiger partial charge in [0, 0.05) is 13.1 Å². The van der Waals surface area contributed by atoms with Gasteiger partial charge in [0.2, 0.25) is 0 Å². The van der Waals surface area contributed by atoms with Crippen molar-refractivity contribution in [2.75, 3.05) is 26.3 Å². The Labute approximate surface area is 69.1 Å². The Morgan fingerprint density at radius 2 is 1.40 bits per heavy atom. The lowest BCUT2D eigenvalue weighted by molar-refractivity contribution is 0.0483. The SMILES string of the molecule is [2H]C([2H])(CC)OCCOC([2H])([2H])CC. The molecule has 0 heterocycles. The number of hydrogen-bond donors (Lipinski definition) is 0. The zero-order valence-electron chi connectivity index (χ0n) is 10.6. The molecule has 0 N–H and O–H groups in total. The molecule has 2 nitrogen and oxygen atoms in total. The second-order valence-electron chi connectivity index (χ2n) is 1.69. The van der Waals surface area contributed by atoms with Crippen LogP contribution >= 0.6 is 0 Å². The van der Waals surface area contributed by atoms with Gasteiger partial charge in [-0.2, -0.15) is 0 Å². The summed E-state index contributed by atoms with van der Waals surface area (Å²) in [5.74, 6) is 0. The van der Waals surface area contributed by atoms with E-state index in [-0.39, 0.29) is 26.1 Å². The first kappa shape index (κ1) is 4.73. The maximum atomic E-state index is 7.25. The summed E-state index contributed by atoms with van der Waals surface area (Å²) in [5, 5.41) is 0. The Morgan fingerprint density at radius 3 is 1.70 bits per heavy atom. The van der Waals surface area contributed by atoms with Crippen molar-refractivity contribution in [2.24, 2.45) is 0 Å². The van der Waals surface area contributed by atoms with Crippen molar-refractivity contribution in [2.45, 2.75) is 26.7 Å². The number of ether oxygens (including phenoxy) is 2. The first-order valence-electron chi connectivity index (χ1n) is 5.61. The lowest BCUT2D eigenvalue weighted by atomic mass is 10.5. The number of rotatable bonds is 7. The van der Waals surface area contributed by atoms with E-state index in [0.29, 0.717) is 0 Å². The minimum Gasteiger partial charge on any atom is -0.379 e. The highest BCUT2D eigenvalue weighted by atomic mass is 16.5. The lowest BCUT2D eigenvalue weighted by Gasteiger charge is -2.02. The first-order chi connectivity index (χ1) is 6.33. The molecule has 0 rings (SSSR count). The van der Waals surface area contributed by atoms with Crippen LogP contribution in [0.1, 0.15) is 32.2 Å². The molecular weight excluding hydrogens is 128 g/mol. The topological polar surface area (TPSA) is 18.5 Å². The average molecular weight is 150 g/mol. The van der Waals surface area contributed by atoms with Crippen LogP contribution in [0.15, 0.2) is 0 Å². The molecule has 0 radical (unpaired) electrons. The van der Waals surface area contributed by atoms with Gasteiger partial charge < -0.3 is 9.47 Å². The Hall–Kier alpha value is -0.0800. The van der Waals surface area contributed by atoms with Crippen LogP contribution in [0.25, 0.3) is 0 Å². The molecule has 0 unspecified atom stereocenters. The van der Waals surface area contributed by atoms with Crippen molar-refractivity contribution in [3.63, 3.8) is 0 Å². The summed E-state index contributed by atoms with van der Waals surface area (Å²) < 4.78 is 38.7. The molecule has 0 spiro atoms. The molecule has 10 heavy (non-hydrogen) atoms. The van der Waals surface area contributed by atoms with Gasteiger partial charge in [-0.1, -0.05) is 13.8 Å². The highest BCUT2D eigenvalue weighted by Gasteiger charge is 1.85. The fraction of sp³-hybridized carbons (Fsp3) is 1.00. The van der Waals surface area contributed by atoms with E-state index in [2.05, 4.69) is 0 Å². The van der Waals surface area contributed by atoms with Crippen LogP contribution in [0.2, 0.25) is 0 Å². The zero-order valence-corrected chi connectivity index (χ0v) is 6.64. The molecule has 0 bridgehead atoms. The van der Waals surface area contributed by atoms with E-state index < -0.39 is 13.1 Å². The van der Waals surface area contributed by atoms with Crippen molar-refractivity contribution in [3.05, 3.63) is 0 Å². The van der Waals surface area contributed by atoms with Crippen LogP contribution < -0.4 is 0 Å². The summed E-state index contributed by atoms with van der Waals surface area (Å²) in [4.78, 5) is 0. The third kappa shape index (κ3) is 7.92. The summed E-state index contributed by atoms with van der Waals surface area (Å²) in [6.45, 7) is 0.240. The average Bonchev–Trinajstić information content (AvgIpc) is 2.13. The molecule has 0 aromatic rings. The molecule has 0 fully saturated rings. The van der Waals surface area contributed by atoms with E-state index in [1.165, 1.54) is 0 Å². The number of hydrogen-bond acceptors (Lipinski definition) is 2. The third-order valence-corrected chi connectivity index (χ3v) is 0.780. The molecule has 0 amide bonds. The molecular formula is C8H18O2. The Kier molecular flexibility index (Phi) is 4.22. The van der Waals surface area contributed by atoms with Crippen molar-refractivity contribution in [1.29, 1.82) is 0 Å². The maximum Gasteiger partial charge on any atom is 0.0700 e. The minimum absolute atomic E-state index is 0.0698. The molecule has 2 heteroatoms. The van der Waals surface area contributed by atoms with E-state index in [1.54, 1.807) is 13.8 Å². The summed E-state index contributed by atoms with van der Waals surface area (Å²) in [7, 11) is 0. The second kappa shape index (κ2) is 8.92. The van der Waals surface area contributed by atoms with Gasteiger partial charge in [-0.05, 0) is 12.8 Å². The molecule has 0 saturated heterocycles. The predicted molar refractivity (Wildman–Crippen MR) is 42.2 cm³/mol. The van der Waals surface area contributed by atoms with Gasteiger partial charge in [0.05, 0.1) is 18.7 Å². The summed E-state index contributed by atoms with van der Waals surface area (Å²) in [6.07, 6.45) is 0.543. The standard InChI is InChI=1S/C8H18O2/c1-3-5-9-7-8-10-6-4-2/h3-8H2,1-2H3/i5D2,6D2. The largest absolute Gasteiger partial charge is 0.379 e. The van der Waals surface area contributed by atoms with Gasteiger partial charge in [0.1, 0.15) is 0 Å². The monoisotopic (exact) mass is 150 g/mol. The van der Waals surface area contributed by atoms with Gasteiger partial charge in [-0.3, -0.25) is 0 Å². The normalized spacial score (nSPS) is 19.0. The smallest absolute Gasteiger partial charge is 0.0700 e. The maximum absolute atomic E-state index is 7.25. The highest BCUT2D eigenvalue weighted by molar-refractivity contribution is 4.30.